The summed E-state index contributed by atoms with van der Waals surface area (Å²) >= 11 is 0. The number of nitrogens with one attached hydrogen (secondary N) is 3. The van der Waals surface area contributed by atoms with Crippen molar-refractivity contribution in [3.8, 4) is 11.1 Å². The number of hydrogen-bond acceptors (Lipinski definition) is 9. The molecule has 0 aromatic heterocycles. The maximum absolute atomic E-state index is 13.8. The molecule has 318 valence electrons. The van der Waals surface area contributed by atoms with Crippen LogP contribution in [0.5, 0.6) is 0 Å². The van der Waals surface area contributed by atoms with E-state index in [-0.39, 0.29) is 80.6 Å². The molecule has 4 unspecified atom stereocenters. The minimum Gasteiger partial charge on any atom is -0.458 e. The van der Waals surface area contributed by atoms with Gasteiger partial charge in [-0.25, -0.2) is 9.59 Å². The van der Waals surface area contributed by atoms with Crippen LogP contribution in [0.25, 0.3) is 11.1 Å². The standard InChI is InChI=1S/C46H57BN3O9P/c1-29(2)24-31(43(55)48-27-42(54)60(6)47)26-40(52)39(25-30-14-8-7-9-15-30)49-41(53)23-21-32(51)20-22-38(44(56)59-46(3,4)5)50-45(57)58-28-37-35-18-12-10-16-33(35)34-17-11-13-19-36(34)37/h7-19,29,31,37-39H,20-28H2,1-6H3,(H,48,55)(H,49,53)(H,50,57). The number of esters is 1. The Morgan fingerprint density at radius 3 is 1.97 bits per heavy atom. The van der Waals surface area contributed by atoms with E-state index < -0.39 is 55.3 Å². The number of Topliss-reactive ketones (excluding diaryl/α,β-unsaturated/α-hetero) is 2. The topological polar surface area (TPSA) is 174 Å². The summed E-state index contributed by atoms with van der Waals surface area (Å²) in [5, 5.41) is 7.99. The van der Waals surface area contributed by atoms with Crippen molar-refractivity contribution in [1.29, 1.82) is 0 Å². The molecule has 0 spiro atoms. The molecule has 12 nitrogen and oxygen atoms in total. The number of benzene rings is 3. The molecule has 0 bridgehead atoms. The van der Waals surface area contributed by atoms with Gasteiger partial charge in [0, 0.05) is 37.5 Å². The summed E-state index contributed by atoms with van der Waals surface area (Å²) in [6.07, 6.45) is -1.10. The van der Waals surface area contributed by atoms with E-state index in [9.17, 15) is 33.6 Å². The quantitative estimate of drug-likeness (QED) is 0.0576. The van der Waals surface area contributed by atoms with Crippen molar-refractivity contribution in [3.63, 3.8) is 0 Å². The second-order valence-corrected chi connectivity index (χ2v) is 18.4. The number of carbonyl (C=O) groups excluding carboxylic acids is 7. The molecule has 3 aromatic rings. The van der Waals surface area contributed by atoms with Gasteiger partial charge in [0.2, 0.25) is 11.8 Å². The van der Waals surface area contributed by atoms with Crippen LogP contribution in [0.1, 0.15) is 95.8 Å². The number of ether oxygens (including phenoxy) is 2. The van der Waals surface area contributed by atoms with E-state index in [1.165, 1.54) is 0 Å². The zero-order valence-electron chi connectivity index (χ0n) is 35.5. The molecule has 3 aromatic carbocycles. The lowest BCUT2D eigenvalue weighted by Gasteiger charge is -2.24. The first kappa shape index (κ1) is 47.5. The molecule has 0 fully saturated rings. The highest BCUT2D eigenvalue weighted by molar-refractivity contribution is 7.94. The van der Waals surface area contributed by atoms with Crippen molar-refractivity contribution in [2.24, 2.45) is 11.8 Å². The summed E-state index contributed by atoms with van der Waals surface area (Å²) in [4.78, 5) is 91.8. The number of amides is 3. The van der Waals surface area contributed by atoms with E-state index >= 15 is 0 Å². The third-order valence-corrected chi connectivity index (χ3v) is 11.0. The lowest BCUT2D eigenvalue weighted by Crippen LogP contribution is -2.45. The smallest absolute Gasteiger partial charge is 0.407 e. The third kappa shape index (κ3) is 14.8. The van der Waals surface area contributed by atoms with Gasteiger partial charge in [0.05, 0.1) is 12.6 Å². The SMILES string of the molecule is [B]P(C)C(=O)CNC(=O)C(CC(=O)C(Cc1ccccc1)NC(=O)CCC(=O)CCC(NC(=O)OCC1c2ccccc2-c2ccccc21)C(=O)OC(C)(C)C)CC(C)C. The maximum atomic E-state index is 13.8. The highest BCUT2D eigenvalue weighted by Crippen LogP contribution is 2.44. The van der Waals surface area contributed by atoms with E-state index in [0.717, 1.165) is 27.8 Å². The van der Waals surface area contributed by atoms with Gasteiger partial charge < -0.3 is 25.4 Å². The predicted octanol–water partition coefficient (Wildman–Crippen LogP) is 6.55. The molecule has 2 radical (unpaired) electrons. The van der Waals surface area contributed by atoms with E-state index in [0.29, 0.717) is 6.42 Å². The van der Waals surface area contributed by atoms with Crippen LogP contribution in [0.2, 0.25) is 0 Å². The molecule has 3 amide bonds. The maximum Gasteiger partial charge on any atom is 0.407 e. The normalized spacial score (nSPS) is 14.1. The van der Waals surface area contributed by atoms with Crippen molar-refractivity contribution >= 4 is 56.3 Å². The zero-order chi connectivity index (χ0) is 44.0. The van der Waals surface area contributed by atoms with Crippen molar-refractivity contribution in [3.05, 3.63) is 95.6 Å². The monoisotopic (exact) mass is 837 g/mol. The lowest BCUT2D eigenvalue weighted by atomic mass is 9.88. The van der Waals surface area contributed by atoms with E-state index in [4.69, 9.17) is 17.0 Å². The average Bonchev–Trinajstić information content (AvgIpc) is 3.52. The molecule has 60 heavy (non-hydrogen) atoms. The fraction of sp³-hybridized carbons (Fsp3) is 0.457. The molecule has 4 rings (SSSR count). The molecule has 3 N–H and O–H groups in total. The van der Waals surface area contributed by atoms with Gasteiger partial charge in [-0.3, -0.25) is 24.0 Å². The fourth-order valence-corrected chi connectivity index (χ4v) is 7.45. The van der Waals surface area contributed by atoms with Crippen molar-refractivity contribution in [2.75, 3.05) is 19.8 Å². The number of rotatable bonds is 22. The Morgan fingerprint density at radius 1 is 0.783 bits per heavy atom. The second kappa shape index (κ2) is 22.4. The Labute approximate surface area is 355 Å². The van der Waals surface area contributed by atoms with Crippen molar-refractivity contribution in [2.45, 2.75) is 103 Å². The highest BCUT2D eigenvalue weighted by atomic mass is 31.1. The molecule has 1 aliphatic rings. The van der Waals surface area contributed by atoms with Gasteiger partial charge in [-0.05, 0) is 80.4 Å². The van der Waals surface area contributed by atoms with Crippen LogP contribution >= 0.6 is 7.80 Å². The number of carbonyl (C=O) groups is 7. The van der Waals surface area contributed by atoms with Gasteiger partial charge in [0.25, 0.3) is 0 Å². The second-order valence-electron chi connectivity index (χ2n) is 16.7. The molecule has 14 heteroatoms. The van der Waals surface area contributed by atoms with Crippen LogP contribution in [-0.2, 0) is 44.7 Å². The van der Waals surface area contributed by atoms with Gasteiger partial charge in [-0.2, -0.15) is 0 Å². The van der Waals surface area contributed by atoms with Crippen LogP contribution in [-0.4, -0.2) is 86.0 Å². The minimum atomic E-state index is -1.37. The van der Waals surface area contributed by atoms with Gasteiger partial charge in [-0.15, -0.1) is 0 Å². The fourth-order valence-electron chi connectivity index (χ4n) is 7.12. The highest BCUT2D eigenvalue weighted by Gasteiger charge is 2.32. The summed E-state index contributed by atoms with van der Waals surface area (Å²) < 4.78 is 11.2. The first-order valence-electron chi connectivity index (χ1n) is 20.4. The average molecular weight is 838 g/mol. The molecule has 0 saturated heterocycles. The summed E-state index contributed by atoms with van der Waals surface area (Å²) in [7, 11) is 4.33. The predicted molar refractivity (Wildman–Crippen MR) is 233 cm³/mol. The van der Waals surface area contributed by atoms with Crippen LogP contribution in [0.15, 0.2) is 78.9 Å². The van der Waals surface area contributed by atoms with Crippen LogP contribution in [0, 0.1) is 11.8 Å². The number of hydrogen-bond donors (Lipinski definition) is 3. The first-order valence-corrected chi connectivity index (χ1v) is 22.3. The van der Waals surface area contributed by atoms with Crippen LogP contribution in [0.4, 0.5) is 4.79 Å². The van der Waals surface area contributed by atoms with Crippen molar-refractivity contribution < 1.29 is 43.0 Å². The summed E-state index contributed by atoms with van der Waals surface area (Å²) in [5.74, 6) is -3.25. The Hall–Kier alpha value is -5.16. The van der Waals surface area contributed by atoms with Crippen LogP contribution in [0.3, 0.4) is 0 Å². The van der Waals surface area contributed by atoms with E-state index in [1.807, 2.05) is 92.7 Å². The molecule has 1 aliphatic carbocycles. The minimum absolute atomic E-state index is 0.0318. The van der Waals surface area contributed by atoms with Gasteiger partial charge in [-0.1, -0.05) is 101 Å². The first-order chi connectivity index (χ1) is 28.4. The lowest BCUT2D eigenvalue weighted by molar-refractivity contribution is -0.157. The largest absolute Gasteiger partial charge is 0.458 e. The number of alkyl carbamates (subject to hydrolysis) is 1. The van der Waals surface area contributed by atoms with Crippen molar-refractivity contribution in [1.82, 2.24) is 16.0 Å². The van der Waals surface area contributed by atoms with E-state index in [1.54, 1.807) is 27.4 Å². The molecule has 4 atom stereocenters. The molecule has 0 heterocycles. The molecular weight excluding hydrogens is 780 g/mol. The molecular formula is C46H57BN3O9P. The molecule has 0 saturated carbocycles. The van der Waals surface area contributed by atoms with Gasteiger partial charge in [0.1, 0.15) is 31.6 Å². The Kier molecular flexibility index (Phi) is 17.8. The Bertz CT molecular complexity index is 1950. The summed E-state index contributed by atoms with van der Waals surface area (Å²) in [6.45, 7) is 10.3. The number of fused-ring (bicyclic) bond motifs is 3. The summed E-state index contributed by atoms with van der Waals surface area (Å²) in [5.41, 5.74) is 3.86. The Balaban J connectivity index is 1.35. The molecule has 0 aliphatic heterocycles. The zero-order valence-corrected chi connectivity index (χ0v) is 36.3. The van der Waals surface area contributed by atoms with Gasteiger partial charge >= 0.3 is 12.1 Å². The van der Waals surface area contributed by atoms with E-state index in [2.05, 4.69) is 16.0 Å². The van der Waals surface area contributed by atoms with Crippen LogP contribution < -0.4 is 16.0 Å². The summed E-state index contributed by atoms with van der Waals surface area (Å²) in [6, 6.07) is 22.8. The van der Waals surface area contributed by atoms with Gasteiger partial charge in [0.15, 0.2) is 11.3 Å². The third-order valence-electron chi connectivity index (χ3n) is 10.1. The number of ketones is 2. The Morgan fingerprint density at radius 2 is 1.38 bits per heavy atom.